The van der Waals surface area contributed by atoms with Crippen LogP contribution in [0.2, 0.25) is 5.02 Å². The molecule has 12 heteroatoms. The van der Waals surface area contributed by atoms with E-state index in [4.69, 9.17) is 26.1 Å². The lowest BCUT2D eigenvalue weighted by molar-refractivity contribution is -0.0136. The van der Waals surface area contributed by atoms with Crippen molar-refractivity contribution in [2.45, 2.75) is 77.2 Å². The maximum Gasteiger partial charge on any atom is 0.410 e. The van der Waals surface area contributed by atoms with E-state index in [-0.39, 0.29) is 47.2 Å². The zero-order valence-corrected chi connectivity index (χ0v) is 24.2. The number of carbonyl (C=O) groups is 1. The van der Waals surface area contributed by atoms with Gasteiger partial charge >= 0.3 is 6.09 Å². The predicted molar refractivity (Wildman–Crippen MR) is 150 cm³/mol. The van der Waals surface area contributed by atoms with Gasteiger partial charge in [0.2, 0.25) is 5.95 Å². The molecule has 2 N–H and O–H groups in total. The summed E-state index contributed by atoms with van der Waals surface area (Å²) in [5.74, 6) is 0.475. The molecule has 2 aliphatic heterocycles. The molecule has 0 saturated carbocycles. The molecule has 0 unspecified atom stereocenters. The van der Waals surface area contributed by atoms with Crippen molar-refractivity contribution in [3.8, 4) is 11.3 Å². The Morgan fingerprint density at radius 3 is 2.75 bits per heavy atom. The van der Waals surface area contributed by atoms with Crippen LogP contribution in [0, 0.1) is 5.82 Å². The summed E-state index contributed by atoms with van der Waals surface area (Å²) in [4.78, 5) is 27.9. The van der Waals surface area contributed by atoms with Gasteiger partial charge in [-0.05, 0) is 59.6 Å². The highest BCUT2D eigenvalue weighted by molar-refractivity contribution is 6.33. The molecule has 216 valence electrons. The molecule has 40 heavy (non-hydrogen) atoms. The molecule has 2 saturated heterocycles. The van der Waals surface area contributed by atoms with Crippen LogP contribution in [-0.2, 0) is 9.47 Å². The van der Waals surface area contributed by atoms with Gasteiger partial charge in [0.05, 0.1) is 41.2 Å². The van der Waals surface area contributed by atoms with E-state index in [9.17, 15) is 9.90 Å². The van der Waals surface area contributed by atoms with Gasteiger partial charge in [0.15, 0.2) is 5.82 Å². The lowest BCUT2D eigenvalue weighted by atomic mass is 10.1. The molecule has 2 aromatic heterocycles. The molecule has 2 fully saturated rings. The van der Waals surface area contributed by atoms with Crippen molar-refractivity contribution in [1.82, 2.24) is 24.4 Å². The van der Waals surface area contributed by atoms with Crippen LogP contribution in [0.15, 0.2) is 18.3 Å². The molecule has 0 aliphatic carbocycles. The standard InChI is InChI=1S/C28H36ClFN6O4/c1-15(2)36-21-11-17(23-18(29)12-31-26(34-23)32-20-7-9-39-14-22(20)37)10-19(30)24(21)33-25(36)16-6-8-35(13-16)27(38)40-28(3,4)5/h10-12,15-16,20,22,37H,6-9,13-14H2,1-5H3,(H,31,32,34)/t16-,20-,22-/m1/s1. The number of rotatable bonds is 5. The maximum atomic E-state index is 15.6. The van der Waals surface area contributed by atoms with E-state index in [1.807, 2.05) is 45.3 Å². The Balaban J connectivity index is 1.48. The third-order valence-corrected chi connectivity index (χ3v) is 7.43. The number of aliphatic hydroxyl groups is 1. The first-order valence-corrected chi connectivity index (χ1v) is 14.0. The number of carbonyl (C=O) groups excluding carboxylic acids is 1. The normalized spacial score (nSPS) is 21.8. The van der Waals surface area contributed by atoms with Crippen molar-refractivity contribution in [3.05, 3.63) is 35.0 Å². The fraction of sp³-hybridized carbons (Fsp3) is 0.571. The fourth-order valence-electron chi connectivity index (χ4n) is 5.30. The van der Waals surface area contributed by atoms with Gasteiger partial charge in [0.25, 0.3) is 0 Å². The van der Waals surface area contributed by atoms with Crippen LogP contribution < -0.4 is 5.32 Å². The lowest BCUT2D eigenvalue weighted by Crippen LogP contribution is -2.42. The van der Waals surface area contributed by atoms with E-state index in [0.29, 0.717) is 49.3 Å². The van der Waals surface area contributed by atoms with Crippen LogP contribution >= 0.6 is 11.6 Å². The van der Waals surface area contributed by atoms with Gasteiger partial charge < -0.3 is 29.4 Å². The topological polar surface area (TPSA) is 115 Å². The van der Waals surface area contributed by atoms with Gasteiger partial charge in [0, 0.05) is 37.2 Å². The van der Waals surface area contributed by atoms with E-state index in [2.05, 4.69) is 15.3 Å². The van der Waals surface area contributed by atoms with E-state index < -0.39 is 17.5 Å². The smallest absolute Gasteiger partial charge is 0.410 e. The summed E-state index contributed by atoms with van der Waals surface area (Å²) in [5, 5.41) is 13.7. The van der Waals surface area contributed by atoms with Gasteiger partial charge in [-0.2, -0.15) is 0 Å². The van der Waals surface area contributed by atoms with Crippen LogP contribution in [0.25, 0.3) is 22.3 Å². The summed E-state index contributed by atoms with van der Waals surface area (Å²) in [6.45, 7) is 11.3. The van der Waals surface area contributed by atoms with Crippen molar-refractivity contribution in [2.75, 3.05) is 31.6 Å². The zero-order valence-electron chi connectivity index (χ0n) is 23.4. The summed E-state index contributed by atoms with van der Waals surface area (Å²) in [7, 11) is 0. The first kappa shape index (κ1) is 28.5. The van der Waals surface area contributed by atoms with Crippen molar-refractivity contribution in [2.24, 2.45) is 0 Å². The number of aromatic nitrogens is 4. The molecular weight excluding hydrogens is 539 g/mol. The number of amides is 1. The lowest BCUT2D eigenvalue weighted by Gasteiger charge is -2.28. The summed E-state index contributed by atoms with van der Waals surface area (Å²) < 4.78 is 28.5. The Bertz CT molecular complexity index is 1410. The van der Waals surface area contributed by atoms with E-state index in [0.717, 1.165) is 5.82 Å². The molecule has 10 nitrogen and oxygen atoms in total. The number of aliphatic hydroxyl groups excluding tert-OH is 1. The third kappa shape index (κ3) is 5.87. The van der Waals surface area contributed by atoms with Crippen LogP contribution in [0.4, 0.5) is 15.1 Å². The molecular formula is C28H36ClFN6O4. The van der Waals surface area contributed by atoms with Gasteiger partial charge in [-0.25, -0.2) is 24.1 Å². The molecule has 5 rings (SSSR count). The number of nitrogens with one attached hydrogen (secondary N) is 1. The minimum absolute atomic E-state index is 0.0154. The van der Waals surface area contributed by atoms with Crippen molar-refractivity contribution in [1.29, 1.82) is 0 Å². The Morgan fingerprint density at radius 1 is 1.27 bits per heavy atom. The van der Waals surface area contributed by atoms with Gasteiger partial charge in [-0.15, -0.1) is 0 Å². The molecule has 3 aromatic rings. The van der Waals surface area contributed by atoms with Crippen molar-refractivity contribution < 1.29 is 23.8 Å². The van der Waals surface area contributed by atoms with E-state index in [1.54, 1.807) is 4.90 Å². The number of ether oxygens (including phenoxy) is 2. The van der Waals surface area contributed by atoms with Crippen LogP contribution in [0.1, 0.15) is 65.2 Å². The average Bonchev–Trinajstić information content (AvgIpc) is 3.51. The summed E-state index contributed by atoms with van der Waals surface area (Å²) in [6.07, 6.45) is 1.73. The summed E-state index contributed by atoms with van der Waals surface area (Å²) in [6, 6.07) is 2.95. The molecule has 3 atom stereocenters. The van der Waals surface area contributed by atoms with Gasteiger partial charge in [0.1, 0.15) is 16.9 Å². The van der Waals surface area contributed by atoms with Crippen molar-refractivity contribution >= 4 is 34.7 Å². The highest BCUT2D eigenvalue weighted by Crippen LogP contribution is 2.36. The second kappa shape index (κ2) is 11.1. The molecule has 0 bridgehead atoms. The number of benzene rings is 1. The summed E-state index contributed by atoms with van der Waals surface area (Å²) >= 11 is 6.49. The fourth-order valence-corrected chi connectivity index (χ4v) is 5.50. The highest BCUT2D eigenvalue weighted by Gasteiger charge is 2.34. The number of nitrogens with zero attached hydrogens (tertiary/aromatic N) is 5. The highest BCUT2D eigenvalue weighted by atomic mass is 35.5. The second-order valence-corrected chi connectivity index (χ2v) is 12.2. The monoisotopic (exact) mass is 574 g/mol. The molecule has 2 aliphatic rings. The minimum Gasteiger partial charge on any atom is -0.444 e. The van der Waals surface area contributed by atoms with E-state index in [1.165, 1.54) is 12.3 Å². The first-order valence-electron chi connectivity index (χ1n) is 13.7. The van der Waals surface area contributed by atoms with Crippen LogP contribution in [-0.4, -0.2) is 79.7 Å². The number of hydrogen-bond donors (Lipinski definition) is 2. The SMILES string of the molecule is CC(C)n1c([C@@H]2CCN(C(=O)OC(C)(C)C)C2)nc2c(F)cc(-c3nc(N[C@@H]4CCOC[C@H]4O)ncc3Cl)cc21. The quantitative estimate of drug-likeness (QED) is 0.430. The number of halogens is 2. The molecule has 0 spiro atoms. The Kier molecular flexibility index (Phi) is 7.91. The number of hydrogen-bond acceptors (Lipinski definition) is 8. The third-order valence-electron chi connectivity index (χ3n) is 7.16. The zero-order chi connectivity index (χ0) is 28.8. The average molecular weight is 575 g/mol. The summed E-state index contributed by atoms with van der Waals surface area (Å²) in [5.41, 5.74) is 1.17. The number of imidazole rings is 1. The second-order valence-electron chi connectivity index (χ2n) is 11.7. The number of anilines is 1. The van der Waals surface area contributed by atoms with Crippen LogP contribution in [0.3, 0.4) is 0 Å². The minimum atomic E-state index is -0.689. The van der Waals surface area contributed by atoms with Crippen molar-refractivity contribution in [3.63, 3.8) is 0 Å². The molecule has 1 aromatic carbocycles. The number of likely N-dealkylation sites (tertiary alicyclic amines) is 1. The van der Waals surface area contributed by atoms with Crippen LogP contribution in [0.5, 0.6) is 0 Å². The molecule has 1 amide bonds. The maximum absolute atomic E-state index is 15.6. The van der Waals surface area contributed by atoms with Gasteiger partial charge in [-0.1, -0.05) is 11.6 Å². The molecule has 0 radical (unpaired) electrons. The van der Waals surface area contributed by atoms with Gasteiger partial charge in [-0.3, -0.25) is 0 Å². The first-order chi connectivity index (χ1) is 18.9. The molecule has 4 heterocycles. The largest absolute Gasteiger partial charge is 0.444 e. The number of fused-ring (bicyclic) bond motifs is 1. The van der Waals surface area contributed by atoms with E-state index >= 15 is 4.39 Å². The predicted octanol–water partition coefficient (Wildman–Crippen LogP) is 5.15. The Labute approximate surface area is 237 Å². The Morgan fingerprint density at radius 2 is 2.05 bits per heavy atom. The Hall–Kier alpha value is -3.02.